The third-order valence-electron chi connectivity index (χ3n) is 2.45. The Hall–Kier alpha value is -2.09. The minimum atomic E-state index is -0.0680. The maximum absolute atomic E-state index is 11.7. The van der Waals surface area contributed by atoms with Crippen LogP contribution in [0, 0.1) is 6.54 Å². The van der Waals surface area contributed by atoms with Gasteiger partial charge in [0.05, 0.1) is 6.54 Å². The molecule has 0 fully saturated rings. The van der Waals surface area contributed by atoms with Gasteiger partial charge in [0.1, 0.15) is 0 Å². The van der Waals surface area contributed by atoms with Gasteiger partial charge in [0.2, 0.25) is 0 Å². The van der Waals surface area contributed by atoms with Crippen LogP contribution in [0.1, 0.15) is 15.9 Å². The van der Waals surface area contributed by atoms with Crippen LogP contribution in [-0.4, -0.2) is 5.91 Å². The van der Waals surface area contributed by atoms with Crippen LogP contribution in [-0.2, 0) is 6.42 Å². The number of benzene rings is 2. The maximum atomic E-state index is 11.7. The summed E-state index contributed by atoms with van der Waals surface area (Å²) < 4.78 is 0. The summed E-state index contributed by atoms with van der Waals surface area (Å²) in [6, 6.07) is 19.2. The summed E-state index contributed by atoms with van der Waals surface area (Å²) in [7, 11) is 0. The lowest BCUT2D eigenvalue weighted by Crippen LogP contribution is -2.21. The third kappa shape index (κ3) is 3.45. The molecule has 2 nitrogen and oxygen atoms in total. The smallest absolute Gasteiger partial charge is 0.251 e. The molecule has 1 N–H and O–H groups in total. The van der Waals surface area contributed by atoms with Crippen molar-refractivity contribution in [1.29, 1.82) is 0 Å². The molecule has 0 atom stereocenters. The zero-order valence-corrected chi connectivity index (χ0v) is 9.47. The highest BCUT2D eigenvalue weighted by Crippen LogP contribution is 2.02. The largest absolute Gasteiger partial charge is 0.347 e. The van der Waals surface area contributed by atoms with Crippen molar-refractivity contribution in [3.05, 3.63) is 78.3 Å². The highest BCUT2D eigenvalue weighted by molar-refractivity contribution is 5.94. The maximum Gasteiger partial charge on any atom is 0.251 e. The van der Waals surface area contributed by atoms with Crippen LogP contribution in [0.5, 0.6) is 0 Å². The fourth-order valence-electron chi connectivity index (χ4n) is 1.55. The highest BCUT2D eigenvalue weighted by atomic mass is 16.1. The Kier molecular flexibility index (Phi) is 3.92. The molecular formula is C15H14NO. The normalized spacial score (nSPS) is 9.88. The molecule has 2 aromatic carbocycles. The second-order valence-electron chi connectivity index (χ2n) is 3.73. The lowest BCUT2D eigenvalue weighted by Gasteiger charge is -2.04. The predicted octanol–water partition coefficient (Wildman–Crippen LogP) is 2.82. The Labute approximate surface area is 101 Å². The molecule has 0 bridgehead atoms. The SMILES string of the molecule is O=C(N[CH]Cc1ccccc1)c1ccccc1. The van der Waals surface area contributed by atoms with E-state index in [-0.39, 0.29) is 5.91 Å². The van der Waals surface area contributed by atoms with Crippen molar-refractivity contribution in [2.24, 2.45) is 0 Å². The molecule has 1 radical (unpaired) electrons. The minimum absolute atomic E-state index is 0.0680. The van der Waals surface area contributed by atoms with E-state index in [1.54, 1.807) is 18.7 Å². The van der Waals surface area contributed by atoms with Gasteiger partial charge >= 0.3 is 0 Å². The van der Waals surface area contributed by atoms with Crippen molar-refractivity contribution in [3.63, 3.8) is 0 Å². The molecule has 0 aliphatic carbocycles. The second-order valence-corrected chi connectivity index (χ2v) is 3.73. The Bertz CT molecular complexity index is 465. The van der Waals surface area contributed by atoms with Crippen molar-refractivity contribution in [2.75, 3.05) is 0 Å². The Morgan fingerprint density at radius 2 is 1.53 bits per heavy atom. The first-order chi connectivity index (χ1) is 8.36. The molecule has 0 saturated carbocycles. The monoisotopic (exact) mass is 224 g/mol. The summed E-state index contributed by atoms with van der Waals surface area (Å²) in [5, 5.41) is 2.78. The molecule has 2 aromatic rings. The number of amides is 1. The van der Waals surface area contributed by atoms with E-state index in [0.29, 0.717) is 5.56 Å². The number of carbonyl (C=O) groups excluding carboxylic acids is 1. The van der Waals surface area contributed by atoms with E-state index in [4.69, 9.17) is 0 Å². The van der Waals surface area contributed by atoms with Crippen molar-refractivity contribution >= 4 is 5.91 Å². The minimum Gasteiger partial charge on any atom is -0.347 e. The summed E-state index contributed by atoms with van der Waals surface area (Å²) in [4.78, 5) is 11.7. The Balaban J connectivity index is 1.82. The van der Waals surface area contributed by atoms with Gasteiger partial charge in [0, 0.05) is 5.56 Å². The number of rotatable bonds is 4. The van der Waals surface area contributed by atoms with Crippen LogP contribution < -0.4 is 5.32 Å². The van der Waals surface area contributed by atoms with Crippen molar-refractivity contribution in [3.8, 4) is 0 Å². The molecule has 2 heteroatoms. The Morgan fingerprint density at radius 1 is 0.941 bits per heavy atom. The molecule has 0 aromatic heterocycles. The standard InChI is InChI=1S/C15H14NO/c17-15(14-9-5-2-6-10-14)16-12-11-13-7-3-1-4-8-13/h1-10,12H,11H2,(H,16,17). The molecule has 0 unspecified atom stereocenters. The molecule has 1 amide bonds. The van der Waals surface area contributed by atoms with E-state index in [9.17, 15) is 4.79 Å². The average molecular weight is 224 g/mol. The first-order valence-electron chi connectivity index (χ1n) is 5.58. The molecule has 0 aliphatic heterocycles. The first kappa shape index (κ1) is 11.4. The van der Waals surface area contributed by atoms with Crippen LogP contribution in [0.4, 0.5) is 0 Å². The fraction of sp³-hybridized carbons (Fsp3) is 0.0667. The number of nitrogens with one attached hydrogen (secondary N) is 1. The summed E-state index contributed by atoms with van der Waals surface area (Å²) in [6.07, 6.45) is 0.736. The van der Waals surface area contributed by atoms with Crippen LogP contribution in [0.2, 0.25) is 0 Å². The fourth-order valence-corrected chi connectivity index (χ4v) is 1.55. The van der Waals surface area contributed by atoms with Crippen molar-refractivity contribution in [1.82, 2.24) is 5.32 Å². The molecular weight excluding hydrogens is 210 g/mol. The average Bonchev–Trinajstić information content (AvgIpc) is 2.41. The van der Waals surface area contributed by atoms with E-state index >= 15 is 0 Å². The highest BCUT2D eigenvalue weighted by Gasteiger charge is 2.03. The molecule has 0 spiro atoms. The molecule has 85 valence electrons. The molecule has 0 heterocycles. The van der Waals surface area contributed by atoms with E-state index in [2.05, 4.69) is 5.32 Å². The quantitative estimate of drug-likeness (QED) is 0.850. The number of carbonyl (C=O) groups is 1. The van der Waals surface area contributed by atoms with E-state index < -0.39 is 0 Å². The van der Waals surface area contributed by atoms with Crippen LogP contribution in [0.3, 0.4) is 0 Å². The molecule has 0 aliphatic rings. The van der Waals surface area contributed by atoms with Gasteiger partial charge in [-0.3, -0.25) is 4.79 Å². The van der Waals surface area contributed by atoms with Gasteiger partial charge in [-0.25, -0.2) is 0 Å². The van der Waals surface area contributed by atoms with E-state index in [1.165, 1.54) is 5.56 Å². The van der Waals surface area contributed by atoms with Crippen LogP contribution >= 0.6 is 0 Å². The topological polar surface area (TPSA) is 29.1 Å². The van der Waals surface area contributed by atoms with Crippen LogP contribution in [0.25, 0.3) is 0 Å². The third-order valence-corrected chi connectivity index (χ3v) is 2.45. The van der Waals surface area contributed by atoms with Gasteiger partial charge < -0.3 is 5.32 Å². The van der Waals surface area contributed by atoms with Crippen molar-refractivity contribution in [2.45, 2.75) is 6.42 Å². The zero-order chi connectivity index (χ0) is 11.9. The molecule has 17 heavy (non-hydrogen) atoms. The van der Waals surface area contributed by atoms with Gasteiger partial charge in [0.15, 0.2) is 0 Å². The molecule has 0 saturated heterocycles. The van der Waals surface area contributed by atoms with Gasteiger partial charge in [-0.2, -0.15) is 0 Å². The summed E-state index contributed by atoms with van der Waals surface area (Å²) in [5.74, 6) is -0.0680. The zero-order valence-electron chi connectivity index (χ0n) is 9.47. The summed E-state index contributed by atoms with van der Waals surface area (Å²) in [6.45, 7) is 1.78. The van der Waals surface area contributed by atoms with Crippen molar-refractivity contribution < 1.29 is 4.79 Å². The summed E-state index contributed by atoms with van der Waals surface area (Å²) in [5.41, 5.74) is 1.86. The second kappa shape index (κ2) is 5.85. The lowest BCUT2D eigenvalue weighted by atomic mass is 10.1. The first-order valence-corrected chi connectivity index (χ1v) is 5.58. The van der Waals surface area contributed by atoms with E-state index in [0.717, 1.165) is 6.42 Å². The molecule has 2 rings (SSSR count). The lowest BCUT2D eigenvalue weighted by molar-refractivity contribution is 0.0963. The van der Waals surface area contributed by atoms with Gasteiger partial charge in [-0.05, 0) is 24.1 Å². The predicted molar refractivity (Wildman–Crippen MR) is 68.4 cm³/mol. The summed E-state index contributed by atoms with van der Waals surface area (Å²) >= 11 is 0. The van der Waals surface area contributed by atoms with Gasteiger partial charge in [0.25, 0.3) is 5.91 Å². The number of hydrogen-bond donors (Lipinski definition) is 1. The van der Waals surface area contributed by atoms with Crippen LogP contribution in [0.15, 0.2) is 60.7 Å². The van der Waals surface area contributed by atoms with Gasteiger partial charge in [-0.1, -0.05) is 48.5 Å². The Morgan fingerprint density at radius 3 is 2.18 bits per heavy atom. The van der Waals surface area contributed by atoms with E-state index in [1.807, 2.05) is 48.5 Å². The van der Waals surface area contributed by atoms with Gasteiger partial charge in [-0.15, -0.1) is 0 Å². The number of hydrogen-bond acceptors (Lipinski definition) is 1.